The summed E-state index contributed by atoms with van der Waals surface area (Å²) in [5.74, 6) is 0.399. The van der Waals surface area contributed by atoms with E-state index in [1.54, 1.807) is 18.2 Å². The predicted octanol–water partition coefficient (Wildman–Crippen LogP) is 0.971. The van der Waals surface area contributed by atoms with E-state index in [9.17, 15) is 9.59 Å². The number of rotatable bonds is 10. The summed E-state index contributed by atoms with van der Waals surface area (Å²) in [6, 6.07) is 4.84. The molecule has 1 aromatic carbocycles. The van der Waals surface area contributed by atoms with Crippen LogP contribution in [0.5, 0.6) is 11.5 Å². The summed E-state index contributed by atoms with van der Waals surface area (Å²) in [5.41, 5.74) is 0.477. The van der Waals surface area contributed by atoms with Crippen LogP contribution in [0.3, 0.4) is 0 Å². The molecule has 0 radical (unpaired) electrons. The maximum absolute atomic E-state index is 12.1. The molecule has 24 heavy (non-hydrogen) atoms. The SMILES string of the molecule is CCCNCCNC(=O)c1ccc(OCC(=O)NC)c(OC)c1.Cl. The molecule has 0 saturated carbocycles. The van der Waals surface area contributed by atoms with Gasteiger partial charge in [-0.05, 0) is 31.2 Å². The summed E-state index contributed by atoms with van der Waals surface area (Å²) >= 11 is 0. The van der Waals surface area contributed by atoms with Gasteiger partial charge in [-0.15, -0.1) is 12.4 Å². The van der Waals surface area contributed by atoms with Crippen molar-refractivity contribution in [1.29, 1.82) is 0 Å². The summed E-state index contributed by atoms with van der Waals surface area (Å²) in [4.78, 5) is 23.3. The molecule has 0 aliphatic heterocycles. The number of carbonyl (C=O) groups excluding carboxylic acids is 2. The van der Waals surface area contributed by atoms with E-state index in [2.05, 4.69) is 22.9 Å². The highest BCUT2D eigenvalue weighted by Crippen LogP contribution is 2.27. The summed E-state index contributed by atoms with van der Waals surface area (Å²) in [6.45, 7) is 4.19. The second kappa shape index (κ2) is 12.4. The molecule has 2 amide bonds. The normalized spacial score (nSPS) is 9.62. The first-order valence-electron chi connectivity index (χ1n) is 7.62. The highest BCUT2D eigenvalue weighted by molar-refractivity contribution is 5.94. The van der Waals surface area contributed by atoms with E-state index in [-0.39, 0.29) is 30.8 Å². The van der Waals surface area contributed by atoms with Gasteiger partial charge in [0.05, 0.1) is 7.11 Å². The van der Waals surface area contributed by atoms with Crippen LogP contribution in [0.4, 0.5) is 0 Å². The van der Waals surface area contributed by atoms with Crippen molar-refractivity contribution in [3.05, 3.63) is 23.8 Å². The molecule has 0 aromatic heterocycles. The molecule has 8 heteroatoms. The third kappa shape index (κ3) is 7.52. The van der Waals surface area contributed by atoms with Gasteiger partial charge < -0.3 is 25.4 Å². The molecule has 3 N–H and O–H groups in total. The van der Waals surface area contributed by atoms with E-state index in [1.165, 1.54) is 14.2 Å². The Labute approximate surface area is 148 Å². The van der Waals surface area contributed by atoms with Crippen molar-refractivity contribution < 1.29 is 19.1 Å². The lowest BCUT2D eigenvalue weighted by atomic mass is 10.2. The average molecular weight is 360 g/mol. The van der Waals surface area contributed by atoms with Gasteiger partial charge in [-0.2, -0.15) is 0 Å². The fraction of sp³-hybridized carbons (Fsp3) is 0.500. The second-order valence-electron chi connectivity index (χ2n) is 4.83. The minimum atomic E-state index is -0.242. The van der Waals surface area contributed by atoms with Crippen molar-refractivity contribution in [3.63, 3.8) is 0 Å². The van der Waals surface area contributed by atoms with Crippen molar-refractivity contribution in [2.24, 2.45) is 0 Å². The highest BCUT2D eigenvalue weighted by atomic mass is 35.5. The van der Waals surface area contributed by atoms with Gasteiger partial charge in [-0.25, -0.2) is 0 Å². The van der Waals surface area contributed by atoms with Crippen LogP contribution in [0.25, 0.3) is 0 Å². The number of ether oxygens (including phenoxy) is 2. The number of likely N-dealkylation sites (N-methyl/N-ethyl adjacent to an activating group) is 1. The van der Waals surface area contributed by atoms with Crippen molar-refractivity contribution in [2.75, 3.05) is 40.4 Å². The number of hydrogen-bond donors (Lipinski definition) is 3. The molecule has 1 rings (SSSR count). The van der Waals surface area contributed by atoms with Crippen molar-refractivity contribution >= 4 is 24.2 Å². The van der Waals surface area contributed by atoms with Crippen LogP contribution in [0.2, 0.25) is 0 Å². The van der Waals surface area contributed by atoms with Gasteiger partial charge in [0.15, 0.2) is 18.1 Å². The van der Waals surface area contributed by atoms with Crippen LogP contribution < -0.4 is 25.4 Å². The Morgan fingerprint density at radius 3 is 2.50 bits per heavy atom. The highest BCUT2D eigenvalue weighted by Gasteiger charge is 2.11. The van der Waals surface area contributed by atoms with Gasteiger partial charge in [0, 0.05) is 25.7 Å². The van der Waals surface area contributed by atoms with Crippen LogP contribution in [0, 0.1) is 0 Å². The molecule has 0 aliphatic carbocycles. The first kappa shape index (κ1) is 22.0. The summed E-state index contributed by atoms with van der Waals surface area (Å²) in [5, 5.41) is 8.50. The van der Waals surface area contributed by atoms with E-state index in [1.807, 2.05) is 0 Å². The van der Waals surface area contributed by atoms with Crippen LogP contribution in [0.1, 0.15) is 23.7 Å². The van der Waals surface area contributed by atoms with Gasteiger partial charge in [-0.3, -0.25) is 9.59 Å². The van der Waals surface area contributed by atoms with Crippen LogP contribution in [-0.2, 0) is 4.79 Å². The molecule has 0 bridgehead atoms. The summed E-state index contributed by atoms with van der Waals surface area (Å²) in [6.07, 6.45) is 1.06. The second-order valence-corrected chi connectivity index (χ2v) is 4.83. The van der Waals surface area contributed by atoms with Crippen molar-refractivity contribution in [2.45, 2.75) is 13.3 Å². The predicted molar refractivity (Wildman–Crippen MR) is 95.3 cm³/mol. The Morgan fingerprint density at radius 2 is 1.88 bits per heavy atom. The molecule has 136 valence electrons. The zero-order valence-corrected chi connectivity index (χ0v) is 15.1. The lowest BCUT2D eigenvalue weighted by Gasteiger charge is -2.12. The topological polar surface area (TPSA) is 88.7 Å². The third-order valence-electron chi connectivity index (χ3n) is 3.08. The Balaban J connectivity index is 0.00000529. The molecule has 0 heterocycles. The monoisotopic (exact) mass is 359 g/mol. The average Bonchev–Trinajstić information content (AvgIpc) is 2.58. The minimum absolute atomic E-state index is 0. The number of benzene rings is 1. The fourth-order valence-corrected chi connectivity index (χ4v) is 1.81. The fourth-order valence-electron chi connectivity index (χ4n) is 1.81. The number of hydrogen-bond acceptors (Lipinski definition) is 5. The molecule has 0 saturated heterocycles. The lowest BCUT2D eigenvalue weighted by molar-refractivity contribution is -0.122. The van der Waals surface area contributed by atoms with E-state index in [0.717, 1.165) is 19.5 Å². The van der Waals surface area contributed by atoms with Crippen LogP contribution in [-0.4, -0.2) is 52.2 Å². The number of amides is 2. The van der Waals surface area contributed by atoms with Crippen molar-refractivity contribution in [1.82, 2.24) is 16.0 Å². The van der Waals surface area contributed by atoms with Gasteiger partial charge in [0.1, 0.15) is 0 Å². The summed E-state index contributed by atoms with van der Waals surface area (Å²) < 4.78 is 10.6. The molecule has 0 atom stereocenters. The molecule has 7 nitrogen and oxygen atoms in total. The zero-order chi connectivity index (χ0) is 17.1. The molecule has 0 spiro atoms. The van der Waals surface area contributed by atoms with Crippen LogP contribution in [0.15, 0.2) is 18.2 Å². The zero-order valence-electron chi connectivity index (χ0n) is 14.3. The molecular weight excluding hydrogens is 334 g/mol. The minimum Gasteiger partial charge on any atom is -0.493 e. The Hall–Kier alpha value is -1.99. The van der Waals surface area contributed by atoms with Crippen molar-refractivity contribution in [3.8, 4) is 11.5 Å². The maximum atomic E-state index is 12.1. The molecule has 1 aromatic rings. The third-order valence-corrected chi connectivity index (χ3v) is 3.08. The standard InChI is InChI=1S/C16H25N3O4.ClH/c1-4-7-18-8-9-19-16(21)12-5-6-13(14(10-12)22-3)23-11-15(20)17-2;/h5-6,10,18H,4,7-9,11H2,1-3H3,(H,17,20)(H,19,21);1H. The smallest absolute Gasteiger partial charge is 0.257 e. The number of carbonyl (C=O) groups is 2. The van der Waals surface area contributed by atoms with E-state index < -0.39 is 0 Å². The summed E-state index contributed by atoms with van der Waals surface area (Å²) in [7, 11) is 3.02. The maximum Gasteiger partial charge on any atom is 0.257 e. The van der Waals surface area contributed by atoms with Gasteiger partial charge >= 0.3 is 0 Å². The van der Waals surface area contributed by atoms with Gasteiger partial charge in [0.2, 0.25) is 0 Å². The lowest BCUT2D eigenvalue weighted by Crippen LogP contribution is -2.32. The largest absolute Gasteiger partial charge is 0.493 e. The Morgan fingerprint density at radius 1 is 1.12 bits per heavy atom. The van der Waals surface area contributed by atoms with Crippen LogP contribution >= 0.6 is 12.4 Å². The van der Waals surface area contributed by atoms with Gasteiger partial charge in [0.25, 0.3) is 11.8 Å². The number of nitrogens with one attached hydrogen (secondary N) is 3. The van der Waals surface area contributed by atoms with E-state index in [4.69, 9.17) is 9.47 Å². The molecule has 0 fully saturated rings. The van der Waals surface area contributed by atoms with E-state index in [0.29, 0.717) is 23.6 Å². The molecular formula is C16H26ClN3O4. The number of halogens is 1. The Kier molecular flexibility index (Phi) is 11.4. The first-order chi connectivity index (χ1) is 11.1. The molecule has 0 aliphatic rings. The van der Waals surface area contributed by atoms with Gasteiger partial charge in [-0.1, -0.05) is 6.92 Å². The number of methoxy groups -OCH3 is 1. The quantitative estimate of drug-likeness (QED) is 0.542. The molecule has 0 unspecified atom stereocenters. The Bertz CT molecular complexity index is 526. The van der Waals surface area contributed by atoms with E-state index >= 15 is 0 Å². The first-order valence-corrected chi connectivity index (χ1v) is 7.62.